The SMILES string of the molecule is CC[C@H](Oc1ccccc1)C(=O)Nc1nnc(-c2ccc(OC)c(OC)c2)s1. The van der Waals surface area contributed by atoms with Gasteiger partial charge in [-0.15, -0.1) is 10.2 Å². The van der Waals surface area contributed by atoms with Crippen LogP contribution in [0.4, 0.5) is 5.13 Å². The Hall–Kier alpha value is -3.13. The Bertz CT molecular complexity index is 930. The predicted molar refractivity (Wildman–Crippen MR) is 108 cm³/mol. The summed E-state index contributed by atoms with van der Waals surface area (Å²) in [6, 6.07) is 14.7. The van der Waals surface area contributed by atoms with Gasteiger partial charge < -0.3 is 14.2 Å². The van der Waals surface area contributed by atoms with Gasteiger partial charge in [-0.1, -0.05) is 36.5 Å². The van der Waals surface area contributed by atoms with Gasteiger partial charge in [-0.25, -0.2) is 0 Å². The fourth-order valence-corrected chi connectivity index (χ4v) is 3.27. The lowest BCUT2D eigenvalue weighted by Gasteiger charge is -2.16. The number of hydrogen-bond donors (Lipinski definition) is 1. The molecule has 1 heterocycles. The van der Waals surface area contributed by atoms with E-state index in [1.54, 1.807) is 20.3 Å². The molecular formula is C20H21N3O4S. The maximum Gasteiger partial charge on any atom is 0.267 e. The zero-order valence-corrected chi connectivity index (χ0v) is 16.7. The zero-order chi connectivity index (χ0) is 19.9. The molecule has 0 fully saturated rings. The number of benzene rings is 2. The van der Waals surface area contributed by atoms with E-state index in [0.717, 1.165) is 5.56 Å². The van der Waals surface area contributed by atoms with Crippen LogP contribution in [0.15, 0.2) is 48.5 Å². The van der Waals surface area contributed by atoms with E-state index in [0.29, 0.717) is 33.8 Å². The van der Waals surface area contributed by atoms with Crippen molar-refractivity contribution in [2.24, 2.45) is 0 Å². The highest BCUT2D eigenvalue weighted by molar-refractivity contribution is 7.18. The molecule has 1 N–H and O–H groups in total. The Balaban J connectivity index is 1.70. The van der Waals surface area contributed by atoms with Gasteiger partial charge in [0.25, 0.3) is 5.91 Å². The number of aromatic nitrogens is 2. The first kappa shape index (κ1) is 19.6. The van der Waals surface area contributed by atoms with Crippen LogP contribution >= 0.6 is 11.3 Å². The van der Waals surface area contributed by atoms with Gasteiger partial charge in [0, 0.05) is 5.56 Å². The average Bonchev–Trinajstić information content (AvgIpc) is 3.20. The first-order valence-corrected chi connectivity index (χ1v) is 9.54. The van der Waals surface area contributed by atoms with Gasteiger partial charge in [-0.2, -0.15) is 0 Å². The van der Waals surface area contributed by atoms with E-state index >= 15 is 0 Å². The van der Waals surface area contributed by atoms with Gasteiger partial charge in [0.1, 0.15) is 10.8 Å². The first-order valence-electron chi connectivity index (χ1n) is 8.73. The van der Waals surface area contributed by atoms with E-state index in [1.165, 1.54) is 11.3 Å². The van der Waals surface area contributed by atoms with Gasteiger partial charge in [0.2, 0.25) is 5.13 Å². The summed E-state index contributed by atoms with van der Waals surface area (Å²) in [4.78, 5) is 12.5. The molecule has 0 spiro atoms. The van der Waals surface area contributed by atoms with Crippen LogP contribution in [0.1, 0.15) is 13.3 Å². The highest BCUT2D eigenvalue weighted by Crippen LogP contribution is 2.34. The second-order valence-corrected chi connectivity index (χ2v) is 6.78. The zero-order valence-electron chi connectivity index (χ0n) is 15.8. The number of nitrogens with zero attached hydrogens (tertiary/aromatic N) is 2. The summed E-state index contributed by atoms with van der Waals surface area (Å²) in [6.45, 7) is 1.89. The van der Waals surface area contributed by atoms with Crippen molar-refractivity contribution in [2.75, 3.05) is 19.5 Å². The third-order valence-electron chi connectivity index (χ3n) is 3.97. The minimum Gasteiger partial charge on any atom is -0.493 e. The van der Waals surface area contributed by atoms with Crippen LogP contribution in [0.2, 0.25) is 0 Å². The topological polar surface area (TPSA) is 82.6 Å². The maximum absolute atomic E-state index is 12.5. The summed E-state index contributed by atoms with van der Waals surface area (Å²) < 4.78 is 16.3. The van der Waals surface area contributed by atoms with Crippen LogP contribution < -0.4 is 19.5 Å². The van der Waals surface area contributed by atoms with Crippen molar-refractivity contribution in [1.29, 1.82) is 0 Å². The molecule has 0 unspecified atom stereocenters. The van der Waals surface area contributed by atoms with Crippen molar-refractivity contribution in [3.05, 3.63) is 48.5 Å². The molecule has 8 heteroatoms. The van der Waals surface area contributed by atoms with Crippen molar-refractivity contribution < 1.29 is 19.0 Å². The number of carbonyl (C=O) groups excluding carboxylic acids is 1. The molecule has 146 valence electrons. The van der Waals surface area contributed by atoms with E-state index in [9.17, 15) is 4.79 Å². The van der Waals surface area contributed by atoms with Crippen molar-refractivity contribution in [2.45, 2.75) is 19.4 Å². The van der Waals surface area contributed by atoms with Crippen molar-refractivity contribution in [3.63, 3.8) is 0 Å². The van der Waals surface area contributed by atoms with Gasteiger partial charge in [-0.05, 0) is 36.8 Å². The Morgan fingerprint density at radius 1 is 1.07 bits per heavy atom. The molecule has 3 aromatic rings. The minimum atomic E-state index is -0.615. The Labute approximate surface area is 167 Å². The Morgan fingerprint density at radius 2 is 1.82 bits per heavy atom. The summed E-state index contributed by atoms with van der Waals surface area (Å²) in [5, 5.41) is 12.1. The van der Waals surface area contributed by atoms with Gasteiger partial charge in [0.15, 0.2) is 17.6 Å². The van der Waals surface area contributed by atoms with Crippen molar-refractivity contribution >= 4 is 22.4 Å². The lowest BCUT2D eigenvalue weighted by atomic mass is 10.2. The van der Waals surface area contributed by atoms with Crippen LogP contribution in [-0.4, -0.2) is 36.4 Å². The molecule has 0 aliphatic rings. The average molecular weight is 399 g/mol. The number of hydrogen-bond acceptors (Lipinski definition) is 7. The lowest BCUT2D eigenvalue weighted by Crippen LogP contribution is -2.32. The molecule has 0 saturated carbocycles. The highest BCUT2D eigenvalue weighted by Gasteiger charge is 2.20. The first-order chi connectivity index (χ1) is 13.6. The van der Waals surface area contributed by atoms with Crippen LogP contribution in [0, 0.1) is 0 Å². The fourth-order valence-electron chi connectivity index (χ4n) is 2.53. The Morgan fingerprint density at radius 3 is 2.50 bits per heavy atom. The molecule has 3 rings (SSSR count). The number of methoxy groups -OCH3 is 2. The largest absolute Gasteiger partial charge is 0.493 e. The minimum absolute atomic E-state index is 0.263. The van der Waals surface area contributed by atoms with Crippen LogP contribution in [-0.2, 0) is 4.79 Å². The predicted octanol–water partition coefficient (Wildman–Crippen LogP) is 4.02. The number of amides is 1. The molecule has 0 aliphatic heterocycles. The molecule has 1 atom stereocenters. The third kappa shape index (κ3) is 4.58. The van der Waals surface area contributed by atoms with Crippen LogP contribution in [0.5, 0.6) is 17.2 Å². The molecule has 0 bridgehead atoms. The van der Waals surface area contributed by atoms with Gasteiger partial charge in [-0.3, -0.25) is 10.1 Å². The summed E-state index contributed by atoms with van der Waals surface area (Å²) in [7, 11) is 3.16. The third-order valence-corrected chi connectivity index (χ3v) is 4.86. The lowest BCUT2D eigenvalue weighted by molar-refractivity contribution is -0.122. The van der Waals surface area contributed by atoms with E-state index < -0.39 is 6.10 Å². The molecule has 28 heavy (non-hydrogen) atoms. The molecule has 7 nitrogen and oxygen atoms in total. The molecule has 2 aromatic carbocycles. The molecule has 0 aliphatic carbocycles. The van der Waals surface area contributed by atoms with E-state index in [4.69, 9.17) is 14.2 Å². The number of ether oxygens (including phenoxy) is 3. The van der Waals surface area contributed by atoms with E-state index in [1.807, 2.05) is 49.4 Å². The molecule has 0 radical (unpaired) electrons. The monoisotopic (exact) mass is 399 g/mol. The van der Waals surface area contributed by atoms with Gasteiger partial charge >= 0.3 is 0 Å². The smallest absolute Gasteiger partial charge is 0.267 e. The number of carbonyl (C=O) groups is 1. The second-order valence-electron chi connectivity index (χ2n) is 5.80. The number of para-hydroxylation sites is 1. The molecular weight excluding hydrogens is 378 g/mol. The summed E-state index contributed by atoms with van der Waals surface area (Å²) in [5.41, 5.74) is 0.822. The molecule has 1 aromatic heterocycles. The van der Waals surface area contributed by atoms with Gasteiger partial charge in [0.05, 0.1) is 14.2 Å². The second kappa shape index (κ2) is 9.18. The summed E-state index contributed by atoms with van der Waals surface area (Å²) in [6.07, 6.45) is -0.0851. The number of nitrogens with one attached hydrogen (secondary N) is 1. The summed E-state index contributed by atoms with van der Waals surface area (Å²) >= 11 is 1.28. The van der Waals surface area contributed by atoms with E-state index in [-0.39, 0.29) is 5.91 Å². The number of anilines is 1. The standard InChI is InChI=1S/C20H21N3O4S/c1-4-15(27-14-8-6-5-7-9-14)18(24)21-20-23-22-19(28-20)13-10-11-16(25-2)17(12-13)26-3/h5-12,15H,4H2,1-3H3,(H,21,23,24)/t15-/m0/s1. The fraction of sp³-hybridized carbons (Fsp3) is 0.250. The Kier molecular flexibility index (Phi) is 6.44. The maximum atomic E-state index is 12.5. The van der Waals surface area contributed by atoms with E-state index in [2.05, 4.69) is 15.5 Å². The summed E-state index contributed by atoms with van der Waals surface area (Å²) in [5.74, 6) is 1.62. The van der Waals surface area contributed by atoms with Crippen LogP contribution in [0.3, 0.4) is 0 Å². The van der Waals surface area contributed by atoms with Crippen molar-refractivity contribution in [1.82, 2.24) is 10.2 Å². The quantitative estimate of drug-likeness (QED) is 0.616. The molecule has 0 saturated heterocycles. The molecule has 1 amide bonds. The number of rotatable bonds is 8. The normalized spacial score (nSPS) is 11.5. The van der Waals surface area contributed by atoms with Crippen LogP contribution in [0.25, 0.3) is 10.6 Å². The highest BCUT2D eigenvalue weighted by atomic mass is 32.1. The van der Waals surface area contributed by atoms with Crippen molar-refractivity contribution in [3.8, 4) is 27.8 Å².